The Morgan fingerprint density at radius 2 is 1.63 bits per heavy atom. The van der Waals surface area contributed by atoms with Crippen LogP contribution in [0.25, 0.3) is 0 Å². The molecule has 2 amide bonds. The van der Waals surface area contributed by atoms with Gasteiger partial charge in [-0.1, -0.05) is 72.8 Å². The van der Waals surface area contributed by atoms with Crippen LogP contribution in [0.15, 0.2) is 84.9 Å². The Kier molecular flexibility index (Phi) is 9.51. The first-order valence-electron chi connectivity index (χ1n) is 13.2. The molecule has 7 nitrogen and oxygen atoms in total. The fraction of sp³-hybridized carbons (Fsp3) is 0.355. The lowest BCUT2D eigenvalue weighted by atomic mass is 9.99. The molecule has 7 heteroatoms. The van der Waals surface area contributed by atoms with Gasteiger partial charge in [0.1, 0.15) is 0 Å². The molecule has 1 fully saturated rings. The van der Waals surface area contributed by atoms with Crippen molar-refractivity contribution in [3.8, 4) is 0 Å². The summed E-state index contributed by atoms with van der Waals surface area (Å²) in [6, 6.07) is 27.4. The van der Waals surface area contributed by atoms with Gasteiger partial charge >= 0.3 is 0 Å². The highest BCUT2D eigenvalue weighted by molar-refractivity contribution is 5.89. The van der Waals surface area contributed by atoms with Gasteiger partial charge in [0.05, 0.1) is 18.1 Å². The molecule has 4 rings (SSSR count). The van der Waals surface area contributed by atoms with Crippen LogP contribution in [0.2, 0.25) is 0 Å². The number of aliphatic hydroxyl groups excluding tert-OH is 1. The molecule has 200 valence electrons. The second kappa shape index (κ2) is 13.2. The van der Waals surface area contributed by atoms with Gasteiger partial charge in [-0.15, -0.1) is 0 Å². The van der Waals surface area contributed by atoms with Crippen LogP contribution in [0, 0.1) is 5.92 Å². The van der Waals surface area contributed by atoms with E-state index in [0.29, 0.717) is 32.6 Å². The lowest BCUT2D eigenvalue weighted by Gasteiger charge is -2.26. The average molecular weight is 515 g/mol. The molecule has 0 radical (unpaired) electrons. The smallest absolute Gasteiger partial charge is 0.225 e. The fourth-order valence-electron chi connectivity index (χ4n) is 4.81. The Morgan fingerprint density at radius 3 is 2.32 bits per heavy atom. The molecule has 3 aromatic carbocycles. The van der Waals surface area contributed by atoms with Crippen LogP contribution in [0.1, 0.15) is 23.1 Å². The molecule has 1 aliphatic heterocycles. The lowest BCUT2D eigenvalue weighted by Crippen LogP contribution is -2.50. The van der Waals surface area contributed by atoms with Gasteiger partial charge in [-0.2, -0.15) is 0 Å². The van der Waals surface area contributed by atoms with Gasteiger partial charge < -0.3 is 25.5 Å². The highest BCUT2D eigenvalue weighted by atomic mass is 16.3. The van der Waals surface area contributed by atoms with E-state index < -0.39 is 18.1 Å². The molecule has 1 aliphatic rings. The van der Waals surface area contributed by atoms with Gasteiger partial charge in [0, 0.05) is 52.4 Å². The second-order valence-corrected chi connectivity index (χ2v) is 10.2. The summed E-state index contributed by atoms with van der Waals surface area (Å²) in [6.07, 6.45) is -0.110. The minimum Gasteiger partial charge on any atom is -0.390 e. The number of carbonyl (C=O) groups excluding carboxylic acids is 2. The zero-order chi connectivity index (χ0) is 26.9. The predicted molar refractivity (Wildman–Crippen MR) is 151 cm³/mol. The summed E-state index contributed by atoms with van der Waals surface area (Å²) >= 11 is 0. The standard InChI is InChI=1S/C31H38N4O3/c1-34(2)27-15-9-14-25(16-27)19-32-20-29(36)28(17-23-10-5-3-6-11-23)33-31(38)26-18-30(37)35(22-26)21-24-12-7-4-8-13-24/h3-16,26,28-29,32,36H,17-22H2,1-2H3,(H,33,38)/t26-,28+,29-/m1/s1. The highest BCUT2D eigenvalue weighted by Crippen LogP contribution is 2.21. The third kappa shape index (κ3) is 7.66. The van der Waals surface area contributed by atoms with Crippen LogP contribution < -0.4 is 15.5 Å². The lowest BCUT2D eigenvalue weighted by molar-refractivity contribution is -0.129. The van der Waals surface area contributed by atoms with Gasteiger partial charge in [-0.25, -0.2) is 0 Å². The number of anilines is 1. The summed E-state index contributed by atoms with van der Waals surface area (Å²) in [5, 5.41) is 17.5. The number of aliphatic hydroxyl groups is 1. The van der Waals surface area contributed by atoms with Gasteiger partial charge in [0.25, 0.3) is 0 Å². The first-order valence-corrected chi connectivity index (χ1v) is 13.2. The third-order valence-corrected chi connectivity index (χ3v) is 7.00. The van der Waals surface area contributed by atoms with E-state index in [4.69, 9.17) is 0 Å². The maximum Gasteiger partial charge on any atom is 0.225 e. The Labute approximate surface area is 225 Å². The topological polar surface area (TPSA) is 84.9 Å². The molecule has 1 saturated heterocycles. The quantitative estimate of drug-likeness (QED) is 0.346. The van der Waals surface area contributed by atoms with E-state index in [2.05, 4.69) is 27.7 Å². The van der Waals surface area contributed by atoms with E-state index >= 15 is 0 Å². The Bertz CT molecular complexity index is 1190. The molecule has 0 aliphatic carbocycles. The normalized spacial score (nSPS) is 16.8. The van der Waals surface area contributed by atoms with Gasteiger partial charge in [0.2, 0.25) is 11.8 Å². The number of benzene rings is 3. The van der Waals surface area contributed by atoms with Crippen molar-refractivity contribution in [2.45, 2.75) is 38.1 Å². The second-order valence-electron chi connectivity index (χ2n) is 10.2. The van der Waals surface area contributed by atoms with Crippen LogP contribution in [0.4, 0.5) is 5.69 Å². The molecule has 0 unspecified atom stereocenters. The first-order chi connectivity index (χ1) is 18.4. The molecule has 0 bridgehead atoms. The summed E-state index contributed by atoms with van der Waals surface area (Å²) in [7, 11) is 4.01. The van der Waals surface area contributed by atoms with Crippen molar-refractivity contribution >= 4 is 17.5 Å². The van der Waals surface area contributed by atoms with Crippen molar-refractivity contribution in [1.82, 2.24) is 15.5 Å². The Balaban J connectivity index is 1.36. The Morgan fingerprint density at radius 1 is 0.974 bits per heavy atom. The van der Waals surface area contributed by atoms with Gasteiger partial charge in [-0.3, -0.25) is 9.59 Å². The SMILES string of the molecule is CN(C)c1cccc(CNC[C@@H](O)[C@H](Cc2ccccc2)NC(=O)[C@@H]2CC(=O)N(Cc3ccccc3)C2)c1. The molecule has 3 atom stereocenters. The summed E-state index contributed by atoms with van der Waals surface area (Å²) in [5.41, 5.74) is 4.31. The minimum atomic E-state index is -0.797. The number of hydrogen-bond acceptors (Lipinski definition) is 5. The number of likely N-dealkylation sites (tertiary alicyclic amines) is 1. The molecule has 0 saturated carbocycles. The van der Waals surface area contributed by atoms with Crippen LogP contribution in [-0.4, -0.2) is 61.2 Å². The van der Waals surface area contributed by atoms with Crippen molar-refractivity contribution in [2.24, 2.45) is 5.92 Å². The monoisotopic (exact) mass is 514 g/mol. The molecule has 3 N–H and O–H groups in total. The van der Waals surface area contributed by atoms with Crippen molar-refractivity contribution in [3.63, 3.8) is 0 Å². The average Bonchev–Trinajstić information content (AvgIpc) is 3.29. The summed E-state index contributed by atoms with van der Waals surface area (Å²) in [5.74, 6) is -0.637. The molecule has 3 aromatic rings. The maximum absolute atomic E-state index is 13.3. The summed E-state index contributed by atoms with van der Waals surface area (Å²) < 4.78 is 0. The van der Waals surface area contributed by atoms with Crippen molar-refractivity contribution < 1.29 is 14.7 Å². The first kappa shape index (κ1) is 27.4. The summed E-state index contributed by atoms with van der Waals surface area (Å²) in [4.78, 5) is 29.7. The number of nitrogens with zero attached hydrogens (tertiary/aromatic N) is 2. The Hall–Kier alpha value is -3.68. The molecule has 0 aromatic heterocycles. The number of rotatable bonds is 12. The van der Waals surface area contributed by atoms with Crippen molar-refractivity contribution in [1.29, 1.82) is 0 Å². The minimum absolute atomic E-state index is 0.0178. The number of hydrogen-bond donors (Lipinski definition) is 3. The summed E-state index contributed by atoms with van der Waals surface area (Å²) in [6.45, 7) is 1.82. The number of nitrogens with one attached hydrogen (secondary N) is 2. The third-order valence-electron chi connectivity index (χ3n) is 7.00. The molecular formula is C31H38N4O3. The van der Waals surface area contributed by atoms with Crippen LogP contribution in [0.3, 0.4) is 0 Å². The van der Waals surface area contributed by atoms with Gasteiger partial charge in [0.15, 0.2) is 0 Å². The molecule has 0 spiro atoms. The molecular weight excluding hydrogens is 476 g/mol. The largest absolute Gasteiger partial charge is 0.390 e. The fourth-order valence-corrected chi connectivity index (χ4v) is 4.81. The highest BCUT2D eigenvalue weighted by Gasteiger charge is 2.35. The number of amides is 2. The van der Waals surface area contributed by atoms with E-state index in [9.17, 15) is 14.7 Å². The number of carbonyl (C=O) groups is 2. The van der Waals surface area contributed by atoms with Crippen LogP contribution in [-0.2, 0) is 29.1 Å². The van der Waals surface area contributed by atoms with Gasteiger partial charge in [-0.05, 0) is 35.2 Å². The van der Waals surface area contributed by atoms with Crippen molar-refractivity contribution in [2.75, 3.05) is 32.1 Å². The van der Waals surface area contributed by atoms with Crippen molar-refractivity contribution in [3.05, 3.63) is 102 Å². The van der Waals surface area contributed by atoms with E-state index in [1.807, 2.05) is 86.9 Å². The predicted octanol–water partition coefficient (Wildman–Crippen LogP) is 2.98. The van der Waals surface area contributed by atoms with E-state index in [1.165, 1.54) is 0 Å². The zero-order valence-corrected chi connectivity index (χ0v) is 22.2. The zero-order valence-electron chi connectivity index (χ0n) is 22.2. The maximum atomic E-state index is 13.3. The van der Waals surface area contributed by atoms with E-state index in [1.54, 1.807) is 4.90 Å². The van der Waals surface area contributed by atoms with E-state index in [0.717, 1.165) is 22.4 Å². The molecule has 38 heavy (non-hydrogen) atoms. The van der Waals surface area contributed by atoms with Crippen LogP contribution in [0.5, 0.6) is 0 Å². The molecule has 1 heterocycles. The van der Waals surface area contributed by atoms with Crippen LogP contribution >= 0.6 is 0 Å². The van der Waals surface area contributed by atoms with E-state index in [-0.39, 0.29) is 18.2 Å².